The number of oxime groups is 1. The number of methoxy groups -OCH3 is 1. The number of rotatable bonds is 7. The van der Waals surface area contributed by atoms with Gasteiger partial charge in [-0.1, -0.05) is 5.16 Å². The number of aromatic nitrogens is 2. The van der Waals surface area contributed by atoms with Crippen LogP contribution in [0.15, 0.2) is 11.4 Å². The molecule has 0 saturated carbocycles. The predicted molar refractivity (Wildman–Crippen MR) is 73.6 cm³/mol. The predicted octanol–water partition coefficient (Wildman–Crippen LogP) is 0.683. The summed E-state index contributed by atoms with van der Waals surface area (Å²) in [6.45, 7) is 5.65. The van der Waals surface area contributed by atoms with Crippen LogP contribution in [-0.4, -0.2) is 47.8 Å². The van der Waals surface area contributed by atoms with Crippen molar-refractivity contribution in [2.45, 2.75) is 20.3 Å². The van der Waals surface area contributed by atoms with Gasteiger partial charge in [0, 0.05) is 32.8 Å². The van der Waals surface area contributed by atoms with Gasteiger partial charge in [0.1, 0.15) is 11.7 Å². The number of nitrogens with two attached hydrogens (primary N) is 1. The maximum Gasteiger partial charge on any atom is 0.150 e. The third-order valence-corrected chi connectivity index (χ3v) is 2.68. The van der Waals surface area contributed by atoms with E-state index in [2.05, 4.69) is 15.1 Å². The number of hydrogen-bond donors (Lipinski definition) is 2. The monoisotopic (exact) mass is 267 g/mol. The zero-order chi connectivity index (χ0) is 14.3. The molecule has 0 radical (unpaired) electrons. The number of hydrogen-bond acceptors (Lipinski definition) is 6. The van der Waals surface area contributed by atoms with Crippen LogP contribution in [0.25, 0.3) is 0 Å². The molecule has 7 nitrogen and oxygen atoms in total. The first kappa shape index (κ1) is 15.2. The van der Waals surface area contributed by atoms with Crippen molar-refractivity contribution in [1.29, 1.82) is 0 Å². The molecule has 0 unspecified atom stereocenters. The van der Waals surface area contributed by atoms with Crippen LogP contribution in [0.1, 0.15) is 17.8 Å². The normalized spacial score (nSPS) is 11.6. The number of aryl methyl sites for hydroxylation is 2. The lowest BCUT2D eigenvalue weighted by molar-refractivity contribution is 0.205. The molecular formula is C12H21N5O2. The molecule has 0 fully saturated rings. The Kier molecular flexibility index (Phi) is 6.01. The fourth-order valence-electron chi connectivity index (χ4n) is 1.65. The Morgan fingerprint density at radius 3 is 2.84 bits per heavy atom. The molecule has 0 aliphatic heterocycles. The minimum atomic E-state index is 0.195. The Morgan fingerprint density at radius 2 is 2.21 bits per heavy atom. The summed E-state index contributed by atoms with van der Waals surface area (Å²) in [6.07, 6.45) is 2.19. The molecule has 3 N–H and O–H groups in total. The van der Waals surface area contributed by atoms with Gasteiger partial charge in [0.05, 0.1) is 18.0 Å². The van der Waals surface area contributed by atoms with Crippen LogP contribution in [0.3, 0.4) is 0 Å². The van der Waals surface area contributed by atoms with E-state index in [0.717, 1.165) is 17.2 Å². The molecule has 0 aromatic carbocycles. The van der Waals surface area contributed by atoms with Crippen LogP contribution in [-0.2, 0) is 4.74 Å². The van der Waals surface area contributed by atoms with Gasteiger partial charge in [-0.25, -0.2) is 4.98 Å². The van der Waals surface area contributed by atoms with Crippen LogP contribution in [0.5, 0.6) is 0 Å². The Bertz CT molecular complexity index is 436. The summed E-state index contributed by atoms with van der Waals surface area (Å²) in [4.78, 5) is 10.8. The smallest absolute Gasteiger partial charge is 0.150 e. The van der Waals surface area contributed by atoms with Crippen molar-refractivity contribution in [3.63, 3.8) is 0 Å². The Balaban J connectivity index is 2.85. The number of ether oxygens (including phenoxy) is 1. The van der Waals surface area contributed by atoms with Crippen LogP contribution < -0.4 is 10.6 Å². The van der Waals surface area contributed by atoms with Gasteiger partial charge in [-0.15, -0.1) is 0 Å². The van der Waals surface area contributed by atoms with E-state index < -0.39 is 0 Å². The van der Waals surface area contributed by atoms with Gasteiger partial charge in [-0.05, 0) is 13.8 Å². The second-order valence-electron chi connectivity index (χ2n) is 4.24. The summed E-state index contributed by atoms with van der Waals surface area (Å²) in [7, 11) is 1.65. The first-order valence-corrected chi connectivity index (χ1v) is 6.09. The minimum absolute atomic E-state index is 0.195. The third kappa shape index (κ3) is 4.70. The molecular weight excluding hydrogens is 246 g/mol. The highest BCUT2D eigenvalue weighted by Crippen LogP contribution is 2.15. The van der Waals surface area contributed by atoms with Crippen LogP contribution in [0, 0.1) is 13.8 Å². The van der Waals surface area contributed by atoms with Gasteiger partial charge < -0.3 is 20.6 Å². The van der Waals surface area contributed by atoms with E-state index in [1.54, 1.807) is 13.3 Å². The molecule has 0 atom stereocenters. The molecule has 19 heavy (non-hydrogen) atoms. The zero-order valence-electron chi connectivity index (χ0n) is 11.6. The first-order valence-electron chi connectivity index (χ1n) is 6.09. The summed E-state index contributed by atoms with van der Waals surface area (Å²) in [5.41, 5.74) is 7.20. The largest absolute Gasteiger partial charge is 0.409 e. The zero-order valence-corrected chi connectivity index (χ0v) is 11.6. The quantitative estimate of drug-likeness (QED) is 0.326. The molecule has 1 aromatic heterocycles. The Labute approximate surface area is 113 Å². The van der Waals surface area contributed by atoms with Crippen molar-refractivity contribution in [1.82, 2.24) is 9.97 Å². The van der Waals surface area contributed by atoms with E-state index in [1.807, 2.05) is 18.7 Å². The van der Waals surface area contributed by atoms with E-state index in [0.29, 0.717) is 26.1 Å². The SMILES string of the molecule is COCCN(CCC(N)=NO)c1nc(C)cnc1C. The van der Waals surface area contributed by atoms with Crippen molar-refractivity contribution >= 4 is 11.7 Å². The summed E-state index contributed by atoms with van der Waals surface area (Å²) in [6, 6.07) is 0. The highest BCUT2D eigenvalue weighted by atomic mass is 16.5. The van der Waals surface area contributed by atoms with E-state index in [4.69, 9.17) is 15.7 Å². The van der Waals surface area contributed by atoms with E-state index in [1.165, 1.54) is 0 Å². The topological polar surface area (TPSA) is 96.9 Å². The highest BCUT2D eigenvalue weighted by molar-refractivity contribution is 5.80. The van der Waals surface area contributed by atoms with Gasteiger partial charge in [0.2, 0.25) is 0 Å². The van der Waals surface area contributed by atoms with Gasteiger partial charge in [-0.3, -0.25) is 4.98 Å². The van der Waals surface area contributed by atoms with Crippen molar-refractivity contribution < 1.29 is 9.94 Å². The second kappa shape index (κ2) is 7.52. The van der Waals surface area contributed by atoms with Crippen LogP contribution >= 0.6 is 0 Å². The summed E-state index contributed by atoms with van der Waals surface area (Å²) >= 11 is 0. The first-order chi connectivity index (χ1) is 9.08. The van der Waals surface area contributed by atoms with E-state index in [9.17, 15) is 0 Å². The van der Waals surface area contributed by atoms with Gasteiger partial charge >= 0.3 is 0 Å². The van der Waals surface area contributed by atoms with Crippen molar-refractivity contribution in [2.24, 2.45) is 10.9 Å². The Morgan fingerprint density at radius 1 is 1.47 bits per heavy atom. The molecule has 0 saturated heterocycles. The van der Waals surface area contributed by atoms with Gasteiger partial charge in [-0.2, -0.15) is 0 Å². The molecule has 1 aromatic rings. The number of amidine groups is 1. The van der Waals surface area contributed by atoms with Crippen LogP contribution in [0.4, 0.5) is 5.82 Å². The van der Waals surface area contributed by atoms with Crippen molar-refractivity contribution in [2.75, 3.05) is 31.7 Å². The molecule has 0 aliphatic rings. The van der Waals surface area contributed by atoms with Gasteiger partial charge in [0.15, 0.2) is 0 Å². The number of anilines is 1. The van der Waals surface area contributed by atoms with Crippen molar-refractivity contribution in [3.05, 3.63) is 17.6 Å². The molecule has 0 amide bonds. The van der Waals surface area contributed by atoms with E-state index in [-0.39, 0.29) is 5.84 Å². The Hall–Kier alpha value is -1.89. The standard InChI is InChI=1S/C12H21N5O2/c1-9-8-14-10(2)12(15-9)17(6-7-19-3)5-4-11(13)16-18/h8,18H,4-7H2,1-3H3,(H2,13,16). The molecule has 7 heteroatoms. The fraction of sp³-hybridized carbons (Fsp3) is 0.583. The van der Waals surface area contributed by atoms with Crippen LogP contribution in [0.2, 0.25) is 0 Å². The molecule has 0 bridgehead atoms. The molecule has 0 spiro atoms. The third-order valence-electron chi connectivity index (χ3n) is 2.68. The second-order valence-corrected chi connectivity index (χ2v) is 4.24. The molecule has 106 valence electrons. The average molecular weight is 267 g/mol. The summed E-state index contributed by atoms with van der Waals surface area (Å²) in [5.74, 6) is 1.00. The lowest BCUT2D eigenvalue weighted by Crippen LogP contribution is -2.32. The molecule has 1 rings (SSSR count). The summed E-state index contributed by atoms with van der Waals surface area (Å²) in [5, 5.41) is 11.6. The van der Waals surface area contributed by atoms with Crippen molar-refractivity contribution in [3.8, 4) is 0 Å². The maximum absolute atomic E-state index is 8.58. The molecule has 1 heterocycles. The average Bonchev–Trinajstić information content (AvgIpc) is 2.41. The lowest BCUT2D eigenvalue weighted by atomic mass is 10.3. The minimum Gasteiger partial charge on any atom is -0.409 e. The fourth-order valence-corrected chi connectivity index (χ4v) is 1.65. The van der Waals surface area contributed by atoms with E-state index >= 15 is 0 Å². The maximum atomic E-state index is 8.58. The molecule has 0 aliphatic carbocycles. The summed E-state index contributed by atoms with van der Waals surface area (Å²) < 4.78 is 5.10. The lowest BCUT2D eigenvalue weighted by Gasteiger charge is -2.24. The number of nitrogens with zero attached hydrogens (tertiary/aromatic N) is 4. The highest BCUT2D eigenvalue weighted by Gasteiger charge is 2.12. The van der Waals surface area contributed by atoms with Gasteiger partial charge in [0.25, 0.3) is 0 Å².